The second-order valence-corrected chi connectivity index (χ2v) is 7.71. The summed E-state index contributed by atoms with van der Waals surface area (Å²) in [5.41, 5.74) is 4.02. The van der Waals surface area contributed by atoms with E-state index in [1.54, 1.807) is 38.3 Å². The summed E-state index contributed by atoms with van der Waals surface area (Å²) in [6.07, 6.45) is 0. The Kier molecular flexibility index (Phi) is 5.53. The van der Waals surface area contributed by atoms with Crippen LogP contribution in [-0.2, 0) is 9.59 Å². The van der Waals surface area contributed by atoms with Gasteiger partial charge in [0.1, 0.15) is 11.4 Å². The number of methoxy groups -OCH3 is 1. The van der Waals surface area contributed by atoms with Gasteiger partial charge in [-0.2, -0.15) is 0 Å². The molecule has 0 saturated heterocycles. The zero-order valence-electron chi connectivity index (χ0n) is 17.4. The smallest absolute Gasteiger partial charge is 0.282 e. The Morgan fingerprint density at radius 1 is 0.903 bits per heavy atom. The number of carbonyl (C=O) groups is 2. The molecule has 1 heterocycles. The van der Waals surface area contributed by atoms with E-state index in [1.807, 2.05) is 49.4 Å². The zero-order chi connectivity index (χ0) is 22.1. The Bertz CT molecular complexity index is 1220. The minimum atomic E-state index is -0.436. The first kappa shape index (κ1) is 20.7. The molecule has 3 aromatic carbocycles. The van der Waals surface area contributed by atoms with Gasteiger partial charge in [0.05, 0.1) is 18.4 Å². The topological polar surface area (TPSA) is 58.6 Å². The Morgan fingerprint density at radius 2 is 1.61 bits per heavy atom. The maximum atomic E-state index is 13.5. The van der Waals surface area contributed by atoms with Crippen LogP contribution in [0.5, 0.6) is 5.75 Å². The lowest BCUT2D eigenvalue weighted by Crippen LogP contribution is -2.33. The number of ether oxygens (including phenoxy) is 1. The van der Waals surface area contributed by atoms with Gasteiger partial charge in [0, 0.05) is 16.8 Å². The number of carbonyl (C=O) groups excluding carboxylic acids is 2. The molecule has 1 aliphatic heterocycles. The zero-order valence-corrected chi connectivity index (χ0v) is 18.2. The monoisotopic (exact) mass is 432 g/mol. The third-order valence-electron chi connectivity index (χ3n) is 5.24. The molecule has 0 unspecified atom stereocenters. The summed E-state index contributed by atoms with van der Waals surface area (Å²) in [5, 5.41) is 3.64. The fourth-order valence-electron chi connectivity index (χ4n) is 3.54. The number of aryl methyl sites for hydroxylation is 1. The van der Waals surface area contributed by atoms with Crippen molar-refractivity contribution in [2.24, 2.45) is 0 Å². The van der Waals surface area contributed by atoms with Crippen molar-refractivity contribution in [1.82, 2.24) is 0 Å². The molecule has 0 fully saturated rings. The number of imide groups is 1. The summed E-state index contributed by atoms with van der Waals surface area (Å²) in [5.74, 6) is -0.194. The Hall–Kier alpha value is -3.57. The summed E-state index contributed by atoms with van der Waals surface area (Å²) >= 11 is 6.27. The molecule has 0 aromatic heterocycles. The van der Waals surface area contributed by atoms with Crippen LogP contribution in [0.2, 0.25) is 5.02 Å². The molecule has 0 atom stereocenters. The molecule has 0 spiro atoms. The molecule has 4 rings (SSSR count). The lowest BCUT2D eigenvalue weighted by atomic mass is 10.0. The van der Waals surface area contributed by atoms with E-state index in [9.17, 15) is 9.59 Å². The van der Waals surface area contributed by atoms with Crippen LogP contribution in [0.4, 0.5) is 11.4 Å². The summed E-state index contributed by atoms with van der Waals surface area (Å²) in [6, 6.07) is 19.9. The lowest BCUT2D eigenvalue weighted by Gasteiger charge is -2.18. The predicted molar refractivity (Wildman–Crippen MR) is 123 cm³/mol. The number of amides is 2. The van der Waals surface area contributed by atoms with Crippen molar-refractivity contribution in [3.8, 4) is 5.75 Å². The first-order valence-corrected chi connectivity index (χ1v) is 10.1. The molecule has 1 aliphatic rings. The van der Waals surface area contributed by atoms with Crippen LogP contribution < -0.4 is 15.0 Å². The number of anilines is 2. The summed E-state index contributed by atoms with van der Waals surface area (Å²) < 4.78 is 5.28. The second kappa shape index (κ2) is 8.28. The lowest BCUT2D eigenvalue weighted by molar-refractivity contribution is -0.120. The molecule has 31 heavy (non-hydrogen) atoms. The van der Waals surface area contributed by atoms with Crippen LogP contribution in [0.1, 0.15) is 16.7 Å². The molecule has 6 heteroatoms. The minimum Gasteiger partial charge on any atom is -0.497 e. The van der Waals surface area contributed by atoms with Gasteiger partial charge in [-0.3, -0.25) is 9.59 Å². The Balaban J connectivity index is 1.84. The van der Waals surface area contributed by atoms with Gasteiger partial charge in [-0.05, 0) is 49.2 Å². The molecule has 0 saturated carbocycles. The number of hydrogen-bond donors (Lipinski definition) is 1. The average molecular weight is 433 g/mol. The molecule has 3 aromatic rings. The van der Waals surface area contributed by atoms with E-state index in [-0.39, 0.29) is 5.70 Å². The van der Waals surface area contributed by atoms with Crippen LogP contribution in [0.15, 0.2) is 72.4 Å². The normalized spacial score (nSPS) is 13.7. The van der Waals surface area contributed by atoms with Crippen molar-refractivity contribution in [3.05, 3.63) is 94.1 Å². The van der Waals surface area contributed by atoms with Crippen molar-refractivity contribution in [2.45, 2.75) is 13.8 Å². The Morgan fingerprint density at radius 3 is 2.32 bits per heavy atom. The molecular weight excluding hydrogens is 412 g/mol. The van der Waals surface area contributed by atoms with Crippen LogP contribution >= 0.6 is 11.6 Å². The van der Waals surface area contributed by atoms with Gasteiger partial charge in [0.15, 0.2) is 0 Å². The molecule has 2 amide bonds. The highest BCUT2D eigenvalue weighted by Gasteiger charge is 2.41. The predicted octanol–water partition coefficient (Wildman–Crippen LogP) is 5.36. The SMILES string of the molecule is COc1cccc(NC2=C(c3ccc(C)cc3)C(=O)N(c3cccc(Cl)c3C)C2=O)c1. The van der Waals surface area contributed by atoms with Gasteiger partial charge in [-0.25, -0.2) is 4.90 Å². The highest BCUT2D eigenvalue weighted by Crippen LogP contribution is 2.37. The van der Waals surface area contributed by atoms with Crippen molar-refractivity contribution in [2.75, 3.05) is 17.3 Å². The second-order valence-electron chi connectivity index (χ2n) is 7.30. The maximum absolute atomic E-state index is 13.5. The quantitative estimate of drug-likeness (QED) is 0.551. The standard InChI is InChI=1S/C25H21ClN2O3/c1-15-10-12-17(13-11-15)22-23(27-18-6-4-7-19(14-18)31-3)25(30)28(24(22)29)21-9-5-8-20(26)16(21)2/h4-14,27H,1-3H3. The van der Waals surface area contributed by atoms with Crippen molar-refractivity contribution >= 4 is 40.4 Å². The van der Waals surface area contributed by atoms with Crippen molar-refractivity contribution < 1.29 is 14.3 Å². The van der Waals surface area contributed by atoms with E-state index >= 15 is 0 Å². The molecular formula is C25H21ClN2O3. The largest absolute Gasteiger partial charge is 0.497 e. The van der Waals surface area contributed by atoms with E-state index in [0.717, 1.165) is 5.56 Å². The molecule has 0 radical (unpaired) electrons. The van der Waals surface area contributed by atoms with Gasteiger partial charge in [-0.1, -0.05) is 53.6 Å². The number of nitrogens with zero attached hydrogens (tertiary/aromatic N) is 1. The van der Waals surface area contributed by atoms with Crippen molar-refractivity contribution in [1.29, 1.82) is 0 Å². The van der Waals surface area contributed by atoms with Crippen LogP contribution in [0, 0.1) is 13.8 Å². The third kappa shape index (κ3) is 3.80. The van der Waals surface area contributed by atoms with Gasteiger partial charge >= 0.3 is 0 Å². The van der Waals surface area contributed by atoms with Gasteiger partial charge < -0.3 is 10.1 Å². The maximum Gasteiger partial charge on any atom is 0.282 e. The van der Waals surface area contributed by atoms with E-state index in [1.165, 1.54) is 4.90 Å². The first-order valence-electron chi connectivity index (χ1n) is 9.77. The van der Waals surface area contributed by atoms with Gasteiger partial charge in [-0.15, -0.1) is 0 Å². The fourth-order valence-corrected chi connectivity index (χ4v) is 3.71. The van der Waals surface area contributed by atoms with Crippen molar-refractivity contribution in [3.63, 3.8) is 0 Å². The number of benzene rings is 3. The van der Waals surface area contributed by atoms with Crippen LogP contribution in [-0.4, -0.2) is 18.9 Å². The fraction of sp³-hybridized carbons (Fsp3) is 0.120. The molecule has 156 valence electrons. The van der Waals surface area contributed by atoms with Gasteiger partial charge in [0.25, 0.3) is 11.8 Å². The van der Waals surface area contributed by atoms with E-state index in [0.29, 0.717) is 38.8 Å². The Labute approximate surface area is 185 Å². The average Bonchev–Trinajstić information content (AvgIpc) is 3.00. The van der Waals surface area contributed by atoms with E-state index < -0.39 is 11.8 Å². The summed E-state index contributed by atoms with van der Waals surface area (Å²) in [7, 11) is 1.57. The minimum absolute atomic E-state index is 0.210. The number of nitrogens with one attached hydrogen (secondary N) is 1. The highest BCUT2D eigenvalue weighted by atomic mass is 35.5. The molecule has 0 bridgehead atoms. The third-order valence-corrected chi connectivity index (χ3v) is 5.65. The summed E-state index contributed by atoms with van der Waals surface area (Å²) in [6.45, 7) is 3.76. The van der Waals surface area contributed by atoms with Crippen LogP contribution in [0.25, 0.3) is 5.57 Å². The molecule has 0 aliphatic carbocycles. The first-order chi connectivity index (χ1) is 14.9. The highest BCUT2D eigenvalue weighted by molar-refractivity contribution is 6.46. The van der Waals surface area contributed by atoms with Crippen LogP contribution in [0.3, 0.4) is 0 Å². The summed E-state index contributed by atoms with van der Waals surface area (Å²) in [4.78, 5) is 28.2. The number of rotatable bonds is 5. The number of hydrogen-bond acceptors (Lipinski definition) is 4. The van der Waals surface area contributed by atoms with Gasteiger partial charge in [0.2, 0.25) is 0 Å². The molecule has 1 N–H and O–H groups in total. The van der Waals surface area contributed by atoms with E-state index in [2.05, 4.69) is 5.32 Å². The molecule has 5 nitrogen and oxygen atoms in total. The van der Waals surface area contributed by atoms with E-state index in [4.69, 9.17) is 16.3 Å². The number of halogens is 1.